The standard InChI is InChI=1S/C15H9ClF2IN3O/c1-6-8-5-10(17)13(18)14(12(8)15(23)22-21-6)20-11-3-2-7(19)4-9(11)16/h2-5,20H,1H3,(H,22,23). The lowest BCUT2D eigenvalue weighted by Crippen LogP contribution is -2.13. The first-order valence-electron chi connectivity index (χ1n) is 6.47. The highest BCUT2D eigenvalue weighted by molar-refractivity contribution is 14.1. The summed E-state index contributed by atoms with van der Waals surface area (Å²) in [6, 6.07) is 6.01. The Morgan fingerprint density at radius 2 is 2.04 bits per heavy atom. The van der Waals surface area contributed by atoms with E-state index in [0.29, 0.717) is 16.4 Å². The summed E-state index contributed by atoms with van der Waals surface area (Å²) in [5.74, 6) is -2.22. The Morgan fingerprint density at radius 1 is 1.30 bits per heavy atom. The highest BCUT2D eigenvalue weighted by atomic mass is 127. The van der Waals surface area contributed by atoms with Gasteiger partial charge in [0.25, 0.3) is 5.56 Å². The van der Waals surface area contributed by atoms with Crippen molar-refractivity contribution in [2.75, 3.05) is 5.32 Å². The summed E-state index contributed by atoms with van der Waals surface area (Å²) in [6.07, 6.45) is 0. The lowest BCUT2D eigenvalue weighted by molar-refractivity contribution is 0.513. The third kappa shape index (κ3) is 2.90. The summed E-state index contributed by atoms with van der Waals surface area (Å²) in [7, 11) is 0. The highest BCUT2D eigenvalue weighted by Crippen LogP contribution is 2.33. The topological polar surface area (TPSA) is 57.8 Å². The van der Waals surface area contributed by atoms with Crippen LogP contribution in [-0.4, -0.2) is 10.2 Å². The van der Waals surface area contributed by atoms with Gasteiger partial charge < -0.3 is 5.32 Å². The van der Waals surface area contributed by atoms with Gasteiger partial charge in [-0.05, 0) is 53.8 Å². The number of anilines is 2. The molecule has 1 heterocycles. The molecule has 0 atom stereocenters. The fourth-order valence-electron chi connectivity index (χ4n) is 2.24. The van der Waals surface area contributed by atoms with Crippen molar-refractivity contribution in [1.82, 2.24) is 10.2 Å². The summed E-state index contributed by atoms with van der Waals surface area (Å²) in [5, 5.41) is 9.32. The maximum Gasteiger partial charge on any atom is 0.274 e. The molecule has 0 amide bonds. The molecular weight excluding hydrogens is 439 g/mol. The summed E-state index contributed by atoms with van der Waals surface area (Å²) in [5.41, 5.74) is -0.134. The normalized spacial score (nSPS) is 11.0. The molecule has 1 aromatic heterocycles. The molecule has 0 fully saturated rings. The largest absolute Gasteiger partial charge is 0.351 e. The van der Waals surface area contributed by atoms with Gasteiger partial charge in [-0.3, -0.25) is 4.79 Å². The number of nitrogens with zero attached hydrogens (tertiary/aromatic N) is 1. The molecule has 3 rings (SSSR count). The van der Waals surface area contributed by atoms with E-state index in [1.54, 1.807) is 25.1 Å². The Kier molecular flexibility index (Phi) is 4.24. The molecule has 0 aliphatic heterocycles. The van der Waals surface area contributed by atoms with Crippen LogP contribution in [0.3, 0.4) is 0 Å². The first-order valence-corrected chi connectivity index (χ1v) is 7.93. The molecule has 0 radical (unpaired) electrons. The lowest BCUT2D eigenvalue weighted by Gasteiger charge is -2.13. The summed E-state index contributed by atoms with van der Waals surface area (Å²) < 4.78 is 29.1. The Labute approximate surface area is 148 Å². The molecule has 0 aliphatic rings. The second-order valence-electron chi connectivity index (χ2n) is 4.86. The van der Waals surface area contributed by atoms with Crippen molar-refractivity contribution < 1.29 is 8.78 Å². The fourth-order valence-corrected chi connectivity index (χ4v) is 3.14. The quantitative estimate of drug-likeness (QED) is 0.568. The number of aromatic nitrogens is 2. The van der Waals surface area contributed by atoms with Crippen LogP contribution in [0.4, 0.5) is 20.2 Å². The molecule has 0 spiro atoms. The Hall–Kier alpha value is -1.74. The molecule has 0 saturated carbocycles. The maximum absolute atomic E-state index is 14.3. The highest BCUT2D eigenvalue weighted by Gasteiger charge is 2.19. The number of nitrogens with one attached hydrogen (secondary N) is 2. The Bertz CT molecular complexity index is 991. The smallest absolute Gasteiger partial charge is 0.274 e. The summed E-state index contributed by atoms with van der Waals surface area (Å²) >= 11 is 8.19. The predicted octanol–water partition coefficient (Wildman–Crippen LogP) is 4.51. The number of aromatic amines is 1. The Balaban J connectivity index is 2.30. The number of halogens is 4. The monoisotopic (exact) mass is 447 g/mol. The molecule has 0 bridgehead atoms. The van der Waals surface area contributed by atoms with Gasteiger partial charge in [0.2, 0.25) is 0 Å². The molecule has 0 aliphatic carbocycles. The molecule has 2 N–H and O–H groups in total. The molecule has 8 heteroatoms. The average molecular weight is 448 g/mol. The molecule has 4 nitrogen and oxygen atoms in total. The second kappa shape index (κ2) is 6.04. The van der Waals surface area contributed by atoms with Gasteiger partial charge in [-0.25, -0.2) is 13.9 Å². The van der Waals surface area contributed by atoms with Gasteiger partial charge in [-0.15, -0.1) is 0 Å². The van der Waals surface area contributed by atoms with Crippen LogP contribution in [0.25, 0.3) is 10.8 Å². The number of H-pyrrole nitrogens is 1. The van der Waals surface area contributed by atoms with Crippen molar-refractivity contribution in [2.45, 2.75) is 6.92 Å². The van der Waals surface area contributed by atoms with Gasteiger partial charge in [0, 0.05) is 8.96 Å². The summed E-state index contributed by atoms with van der Waals surface area (Å²) in [4.78, 5) is 12.1. The van der Waals surface area contributed by atoms with Gasteiger partial charge in [0.15, 0.2) is 11.6 Å². The van der Waals surface area contributed by atoms with Crippen LogP contribution in [0.15, 0.2) is 29.1 Å². The van der Waals surface area contributed by atoms with Crippen molar-refractivity contribution in [1.29, 1.82) is 0 Å². The first-order chi connectivity index (χ1) is 10.9. The number of rotatable bonds is 2. The van der Waals surface area contributed by atoms with Crippen molar-refractivity contribution >= 4 is 56.3 Å². The fraction of sp³-hybridized carbons (Fsp3) is 0.0667. The van der Waals surface area contributed by atoms with E-state index in [4.69, 9.17) is 11.6 Å². The minimum Gasteiger partial charge on any atom is -0.351 e. The van der Waals surface area contributed by atoms with E-state index >= 15 is 0 Å². The molecule has 2 aromatic carbocycles. The lowest BCUT2D eigenvalue weighted by atomic mass is 10.1. The SMILES string of the molecule is Cc1n[nH]c(=O)c2c(Nc3ccc(I)cc3Cl)c(F)c(F)cc12. The molecule has 3 aromatic rings. The zero-order chi connectivity index (χ0) is 16.7. The van der Waals surface area contributed by atoms with Crippen molar-refractivity contribution in [3.63, 3.8) is 0 Å². The molecule has 23 heavy (non-hydrogen) atoms. The first kappa shape index (κ1) is 16.1. The third-order valence-corrected chi connectivity index (χ3v) is 4.34. The van der Waals surface area contributed by atoms with Crippen molar-refractivity contribution in [3.05, 3.63) is 60.5 Å². The average Bonchev–Trinajstić information content (AvgIpc) is 2.50. The van der Waals surface area contributed by atoms with Crippen molar-refractivity contribution in [3.8, 4) is 0 Å². The van der Waals surface area contributed by atoms with E-state index in [9.17, 15) is 13.6 Å². The number of hydrogen-bond acceptors (Lipinski definition) is 3. The van der Waals surface area contributed by atoms with E-state index in [0.717, 1.165) is 9.64 Å². The van der Waals surface area contributed by atoms with Gasteiger partial charge >= 0.3 is 0 Å². The van der Waals surface area contributed by atoms with E-state index in [1.807, 2.05) is 0 Å². The van der Waals surface area contributed by atoms with Crippen LogP contribution in [-0.2, 0) is 0 Å². The number of aryl methyl sites for hydroxylation is 1. The van der Waals surface area contributed by atoms with Crippen LogP contribution in [0, 0.1) is 22.1 Å². The van der Waals surface area contributed by atoms with E-state index in [-0.39, 0.29) is 16.5 Å². The number of hydrogen-bond donors (Lipinski definition) is 2. The third-order valence-electron chi connectivity index (χ3n) is 3.35. The Morgan fingerprint density at radius 3 is 2.74 bits per heavy atom. The van der Waals surface area contributed by atoms with Gasteiger partial charge in [0.1, 0.15) is 0 Å². The predicted molar refractivity (Wildman–Crippen MR) is 94.5 cm³/mol. The molecule has 0 unspecified atom stereocenters. The minimum atomic E-state index is -1.15. The van der Waals surface area contributed by atoms with E-state index < -0.39 is 17.2 Å². The minimum absolute atomic E-state index is 0.00832. The van der Waals surface area contributed by atoms with Crippen molar-refractivity contribution in [2.24, 2.45) is 0 Å². The maximum atomic E-state index is 14.3. The van der Waals surface area contributed by atoms with E-state index in [1.165, 1.54) is 0 Å². The zero-order valence-electron chi connectivity index (χ0n) is 11.7. The molecular formula is C15H9ClF2IN3O. The van der Waals surface area contributed by atoms with Crippen LogP contribution < -0.4 is 10.9 Å². The summed E-state index contributed by atoms with van der Waals surface area (Å²) in [6.45, 7) is 1.59. The van der Waals surface area contributed by atoms with Gasteiger partial charge in [0.05, 0.1) is 27.5 Å². The number of fused-ring (bicyclic) bond motifs is 1. The zero-order valence-corrected chi connectivity index (χ0v) is 14.6. The van der Waals surface area contributed by atoms with Crippen LogP contribution in [0.1, 0.15) is 5.69 Å². The van der Waals surface area contributed by atoms with Crippen LogP contribution in [0.5, 0.6) is 0 Å². The second-order valence-corrected chi connectivity index (χ2v) is 6.51. The van der Waals surface area contributed by atoms with Crippen LogP contribution in [0.2, 0.25) is 5.02 Å². The van der Waals surface area contributed by atoms with Crippen LogP contribution >= 0.6 is 34.2 Å². The molecule has 118 valence electrons. The van der Waals surface area contributed by atoms with Gasteiger partial charge in [-0.2, -0.15) is 5.10 Å². The molecule has 0 saturated heterocycles. The van der Waals surface area contributed by atoms with Gasteiger partial charge in [-0.1, -0.05) is 11.6 Å². The number of benzene rings is 2. The van der Waals surface area contributed by atoms with E-state index in [2.05, 4.69) is 38.1 Å².